The summed E-state index contributed by atoms with van der Waals surface area (Å²) in [6.45, 7) is 0. The van der Waals surface area contributed by atoms with Gasteiger partial charge in [0.25, 0.3) is 5.56 Å². The first-order chi connectivity index (χ1) is 8.74. The first-order valence-electron chi connectivity index (χ1n) is 5.48. The highest BCUT2D eigenvalue weighted by Crippen LogP contribution is 2.27. The molecule has 0 unspecified atom stereocenters. The number of hydrogen-bond acceptors (Lipinski definition) is 4. The highest BCUT2D eigenvalue weighted by Gasteiger charge is 2.07. The number of hydrogen-bond donors (Lipinski definition) is 1. The van der Waals surface area contributed by atoms with Crippen LogP contribution in [0.4, 0.5) is 0 Å². The van der Waals surface area contributed by atoms with Crippen molar-refractivity contribution in [1.29, 1.82) is 0 Å². The van der Waals surface area contributed by atoms with Gasteiger partial charge in [-0.3, -0.25) is 9.78 Å². The summed E-state index contributed by atoms with van der Waals surface area (Å²) in [5.74, 6) is 1.30. The summed E-state index contributed by atoms with van der Waals surface area (Å²) in [6.07, 6.45) is 3.54. The molecule has 0 spiro atoms. The Balaban J connectivity index is 2.30. The van der Waals surface area contributed by atoms with E-state index in [2.05, 4.69) is 9.97 Å². The molecule has 0 radical (unpaired) electrons. The van der Waals surface area contributed by atoms with Crippen molar-refractivity contribution >= 4 is 0 Å². The zero-order valence-corrected chi connectivity index (χ0v) is 10.3. The fourth-order valence-corrected chi connectivity index (χ4v) is 1.69. The summed E-state index contributed by atoms with van der Waals surface area (Å²) in [6, 6.07) is 5.54. The molecule has 0 atom stereocenters. The molecule has 2 aromatic rings. The molecule has 5 heteroatoms. The Bertz CT molecular complexity index is 593. The van der Waals surface area contributed by atoms with Gasteiger partial charge in [0.1, 0.15) is 5.69 Å². The van der Waals surface area contributed by atoms with Gasteiger partial charge in [-0.25, -0.2) is 0 Å². The molecule has 0 aliphatic heterocycles. The van der Waals surface area contributed by atoms with Gasteiger partial charge in [-0.1, -0.05) is 6.07 Å². The highest BCUT2D eigenvalue weighted by molar-refractivity contribution is 5.43. The lowest BCUT2D eigenvalue weighted by atomic mass is 10.1. The van der Waals surface area contributed by atoms with Gasteiger partial charge in [-0.15, -0.1) is 0 Å². The van der Waals surface area contributed by atoms with E-state index in [-0.39, 0.29) is 5.56 Å². The topological polar surface area (TPSA) is 64.2 Å². The Morgan fingerprint density at radius 1 is 1.22 bits per heavy atom. The summed E-state index contributed by atoms with van der Waals surface area (Å²) in [4.78, 5) is 18.2. The Morgan fingerprint density at radius 3 is 2.67 bits per heavy atom. The maximum Gasteiger partial charge on any atom is 0.269 e. The van der Waals surface area contributed by atoms with Crippen molar-refractivity contribution < 1.29 is 9.47 Å². The molecule has 0 saturated carbocycles. The normalized spacial score (nSPS) is 10.1. The average molecular weight is 246 g/mol. The van der Waals surface area contributed by atoms with Gasteiger partial charge >= 0.3 is 0 Å². The molecule has 2 rings (SSSR count). The van der Waals surface area contributed by atoms with Crippen molar-refractivity contribution in [3.8, 4) is 11.5 Å². The Morgan fingerprint density at radius 2 is 2.00 bits per heavy atom. The van der Waals surface area contributed by atoms with E-state index in [1.807, 2.05) is 18.2 Å². The van der Waals surface area contributed by atoms with Crippen molar-refractivity contribution in [2.24, 2.45) is 0 Å². The minimum Gasteiger partial charge on any atom is -0.493 e. The van der Waals surface area contributed by atoms with Crippen LogP contribution in [0.25, 0.3) is 0 Å². The molecule has 0 bridgehead atoms. The Labute approximate surface area is 104 Å². The van der Waals surface area contributed by atoms with E-state index < -0.39 is 0 Å². The molecule has 0 fully saturated rings. The summed E-state index contributed by atoms with van der Waals surface area (Å²) in [5, 5.41) is 0. The van der Waals surface area contributed by atoms with E-state index in [1.54, 1.807) is 20.4 Å². The van der Waals surface area contributed by atoms with Gasteiger partial charge in [0.05, 0.1) is 14.2 Å². The molecule has 0 aliphatic carbocycles. The molecule has 0 aliphatic rings. The third-order valence-electron chi connectivity index (χ3n) is 2.60. The number of nitrogens with one attached hydrogen (secondary N) is 1. The van der Waals surface area contributed by atoms with E-state index in [4.69, 9.17) is 9.47 Å². The lowest BCUT2D eigenvalue weighted by Gasteiger charge is -2.09. The molecule has 1 aromatic heterocycles. The first kappa shape index (κ1) is 12.2. The number of aromatic amines is 1. The zero-order chi connectivity index (χ0) is 13.0. The summed E-state index contributed by atoms with van der Waals surface area (Å²) < 4.78 is 10.4. The number of rotatable bonds is 4. The van der Waals surface area contributed by atoms with E-state index in [0.717, 1.165) is 5.56 Å². The highest BCUT2D eigenvalue weighted by atomic mass is 16.5. The molecular formula is C13H14N2O3. The van der Waals surface area contributed by atoms with Gasteiger partial charge in [0.2, 0.25) is 0 Å². The van der Waals surface area contributed by atoms with Crippen LogP contribution in [0.3, 0.4) is 0 Å². The van der Waals surface area contributed by atoms with Crippen molar-refractivity contribution in [3.63, 3.8) is 0 Å². The number of aromatic nitrogens is 2. The second-order valence-corrected chi connectivity index (χ2v) is 3.73. The molecule has 1 aromatic carbocycles. The molecular weight excluding hydrogens is 232 g/mol. The predicted molar refractivity (Wildman–Crippen MR) is 67.2 cm³/mol. The summed E-state index contributed by atoms with van der Waals surface area (Å²) in [7, 11) is 3.16. The van der Waals surface area contributed by atoms with Crippen LogP contribution in [0.2, 0.25) is 0 Å². The van der Waals surface area contributed by atoms with Gasteiger partial charge in [0.15, 0.2) is 11.5 Å². The van der Waals surface area contributed by atoms with Crippen molar-refractivity contribution in [1.82, 2.24) is 9.97 Å². The second-order valence-electron chi connectivity index (χ2n) is 3.73. The second kappa shape index (κ2) is 5.35. The lowest BCUT2D eigenvalue weighted by Crippen LogP contribution is -2.14. The van der Waals surface area contributed by atoms with Crippen LogP contribution in [-0.2, 0) is 6.42 Å². The number of benzene rings is 1. The van der Waals surface area contributed by atoms with Crippen LogP contribution < -0.4 is 15.0 Å². The van der Waals surface area contributed by atoms with E-state index in [1.165, 1.54) is 6.20 Å². The fourth-order valence-electron chi connectivity index (χ4n) is 1.69. The molecule has 1 N–H and O–H groups in total. The SMILES string of the molecule is COc1ccc(Cc2ncc[nH]c2=O)cc1OC. The van der Waals surface area contributed by atoms with Crippen molar-refractivity contribution in [2.75, 3.05) is 14.2 Å². The Hall–Kier alpha value is -2.30. The monoisotopic (exact) mass is 246 g/mol. The first-order valence-corrected chi connectivity index (χ1v) is 5.48. The zero-order valence-electron chi connectivity index (χ0n) is 10.3. The van der Waals surface area contributed by atoms with Crippen molar-refractivity contribution in [2.45, 2.75) is 6.42 Å². The molecule has 18 heavy (non-hydrogen) atoms. The smallest absolute Gasteiger partial charge is 0.269 e. The third kappa shape index (κ3) is 2.51. The van der Waals surface area contributed by atoms with Crippen LogP contribution >= 0.6 is 0 Å². The fraction of sp³-hybridized carbons (Fsp3) is 0.231. The lowest BCUT2D eigenvalue weighted by molar-refractivity contribution is 0.354. The Kier molecular flexibility index (Phi) is 3.62. The minimum atomic E-state index is -0.174. The van der Waals surface area contributed by atoms with Gasteiger partial charge in [0, 0.05) is 18.8 Å². The molecule has 5 nitrogen and oxygen atoms in total. The van der Waals surface area contributed by atoms with Crippen LogP contribution in [0.1, 0.15) is 11.3 Å². The molecule has 0 amide bonds. The van der Waals surface area contributed by atoms with Crippen LogP contribution in [-0.4, -0.2) is 24.2 Å². The van der Waals surface area contributed by atoms with Gasteiger partial charge < -0.3 is 14.5 Å². The van der Waals surface area contributed by atoms with E-state index in [9.17, 15) is 4.79 Å². The average Bonchev–Trinajstić information content (AvgIpc) is 2.41. The minimum absolute atomic E-state index is 0.174. The maximum absolute atomic E-state index is 11.5. The number of methoxy groups -OCH3 is 2. The van der Waals surface area contributed by atoms with Crippen LogP contribution in [0, 0.1) is 0 Å². The standard InChI is InChI=1S/C13H14N2O3/c1-17-11-4-3-9(8-12(11)18-2)7-10-13(16)15-6-5-14-10/h3-6,8H,7H2,1-2H3,(H,15,16). The molecule has 0 saturated heterocycles. The van der Waals surface area contributed by atoms with Crippen LogP contribution in [0.5, 0.6) is 11.5 Å². The van der Waals surface area contributed by atoms with Crippen molar-refractivity contribution in [3.05, 3.63) is 52.2 Å². The van der Waals surface area contributed by atoms with E-state index >= 15 is 0 Å². The van der Waals surface area contributed by atoms with E-state index in [0.29, 0.717) is 23.6 Å². The quantitative estimate of drug-likeness (QED) is 0.885. The molecule has 1 heterocycles. The number of H-pyrrole nitrogens is 1. The largest absolute Gasteiger partial charge is 0.493 e. The predicted octanol–water partition coefficient (Wildman–Crippen LogP) is 1.38. The summed E-state index contributed by atoms with van der Waals surface area (Å²) >= 11 is 0. The third-order valence-corrected chi connectivity index (χ3v) is 2.60. The number of ether oxygens (including phenoxy) is 2. The number of nitrogens with zero attached hydrogens (tertiary/aromatic N) is 1. The maximum atomic E-state index is 11.5. The molecule has 94 valence electrons. The van der Waals surface area contributed by atoms with Gasteiger partial charge in [-0.2, -0.15) is 0 Å². The summed E-state index contributed by atoms with van der Waals surface area (Å²) in [5.41, 5.74) is 1.24. The van der Waals surface area contributed by atoms with Gasteiger partial charge in [-0.05, 0) is 17.7 Å². The van der Waals surface area contributed by atoms with Crippen LogP contribution in [0.15, 0.2) is 35.4 Å².